The lowest BCUT2D eigenvalue weighted by Crippen LogP contribution is -2.45. The van der Waals surface area contributed by atoms with Gasteiger partial charge in [-0.1, -0.05) is 12.1 Å². The Labute approximate surface area is 188 Å². The van der Waals surface area contributed by atoms with Crippen LogP contribution in [0.15, 0.2) is 42.7 Å². The highest BCUT2D eigenvalue weighted by atomic mass is 16.7. The first-order valence-corrected chi connectivity index (χ1v) is 11.5. The van der Waals surface area contributed by atoms with Gasteiger partial charge in [0.2, 0.25) is 18.6 Å². The van der Waals surface area contributed by atoms with Crippen molar-refractivity contribution in [1.29, 1.82) is 0 Å². The Morgan fingerprint density at radius 2 is 2.12 bits per heavy atom. The number of nitrogens with one attached hydrogen (secondary N) is 1. The third-order valence-electron chi connectivity index (χ3n) is 6.92. The van der Waals surface area contributed by atoms with Gasteiger partial charge in [0.1, 0.15) is 0 Å². The van der Waals surface area contributed by atoms with Gasteiger partial charge in [0.15, 0.2) is 11.5 Å². The molecule has 32 heavy (non-hydrogen) atoms. The van der Waals surface area contributed by atoms with E-state index in [0.29, 0.717) is 25.7 Å². The average molecular weight is 436 g/mol. The van der Waals surface area contributed by atoms with Crippen LogP contribution in [0, 0.1) is 0 Å². The minimum absolute atomic E-state index is 0.0596. The fourth-order valence-electron chi connectivity index (χ4n) is 5.26. The molecule has 2 amide bonds. The number of rotatable bonds is 6. The molecule has 0 bridgehead atoms. The van der Waals surface area contributed by atoms with E-state index in [9.17, 15) is 9.59 Å². The zero-order valence-corrected chi connectivity index (χ0v) is 18.2. The lowest BCUT2D eigenvalue weighted by atomic mass is 9.84. The Hall–Kier alpha value is -3.09. The topological polar surface area (TPSA) is 80.8 Å². The molecule has 5 rings (SSSR count). The number of piperidine rings is 1. The van der Waals surface area contributed by atoms with Gasteiger partial charge < -0.3 is 19.7 Å². The summed E-state index contributed by atoms with van der Waals surface area (Å²) in [7, 11) is 0. The van der Waals surface area contributed by atoms with Crippen LogP contribution in [0.3, 0.4) is 0 Å². The van der Waals surface area contributed by atoms with Crippen LogP contribution in [0.1, 0.15) is 62.1 Å². The highest BCUT2D eigenvalue weighted by Gasteiger charge is 2.39. The molecule has 2 aromatic rings. The van der Waals surface area contributed by atoms with Gasteiger partial charge in [-0.3, -0.25) is 14.6 Å². The number of carbonyl (C=O) groups is 2. The van der Waals surface area contributed by atoms with E-state index in [-0.39, 0.29) is 24.6 Å². The molecule has 1 aromatic heterocycles. The molecular formula is C25H29N3O4. The number of benzene rings is 1. The maximum atomic E-state index is 13.3. The van der Waals surface area contributed by atoms with Crippen molar-refractivity contribution in [2.45, 2.75) is 62.9 Å². The van der Waals surface area contributed by atoms with Gasteiger partial charge in [0.25, 0.3) is 0 Å². The first-order chi connectivity index (χ1) is 15.6. The van der Waals surface area contributed by atoms with Crippen molar-refractivity contribution in [2.24, 2.45) is 0 Å². The Balaban J connectivity index is 1.29. The number of aromatic nitrogens is 1. The Bertz CT molecular complexity index is 996. The van der Waals surface area contributed by atoms with E-state index in [2.05, 4.69) is 16.4 Å². The molecule has 1 aromatic carbocycles. The zero-order valence-electron chi connectivity index (χ0n) is 18.2. The minimum atomic E-state index is -0.403. The summed E-state index contributed by atoms with van der Waals surface area (Å²) in [5, 5.41) is 3.19. The van der Waals surface area contributed by atoms with Crippen LogP contribution in [0.25, 0.3) is 0 Å². The van der Waals surface area contributed by atoms with Crippen molar-refractivity contribution in [3.8, 4) is 11.5 Å². The molecule has 0 unspecified atom stereocenters. The molecule has 2 fully saturated rings. The molecule has 0 aliphatic carbocycles. The molecule has 0 radical (unpaired) electrons. The summed E-state index contributed by atoms with van der Waals surface area (Å²) in [6.07, 6.45) is 9.71. The van der Waals surface area contributed by atoms with Crippen molar-refractivity contribution in [1.82, 2.24) is 15.2 Å². The molecule has 7 heteroatoms. The van der Waals surface area contributed by atoms with Crippen LogP contribution in [0.5, 0.6) is 11.5 Å². The van der Waals surface area contributed by atoms with Crippen molar-refractivity contribution in [3.63, 3.8) is 0 Å². The van der Waals surface area contributed by atoms with Crippen LogP contribution in [-0.2, 0) is 16.0 Å². The van der Waals surface area contributed by atoms with E-state index in [0.717, 1.165) is 54.9 Å². The van der Waals surface area contributed by atoms with Crippen LogP contribution in [0.4, 0.5) is 0 Å². The molecule has 168 valence electrons. The van der Waals surface area contributed by atoms with E-state index in [1.165, 1.54) is 0 Å². The van der Waals surface area contributed by atoms with E-state index < -0.39 is 5.54 Å². The fraction of sp³-hybridized carbons (Fsp3) is 0.480. The molecule has 0 saturated carbocycles. The molecule has 7 nitrogen and oxygen atoms in total. The van der Waals surface area contributed by atoms with Gasteiger partial charge in [-0.2, -0.15) is 0 Å². The highest BCUT2D eigenvalue weighted by Crippen LogP contribution is 2.37. The number of hydrogen-bond donors (Lipinski definition) is 1. The van der Waals surface area contributed by atoms with E-state index in [1.54, 1.807) is 6.20 Å². The summed E-state index contributed by atoms with van der Waals surface area (Å²) in [5.41, 5.74) is 1.78. The zero-order chi connectivity index (χ0) is 22.0. The summed E-state index contributed by atoms with van der Waals surface area (Å²) >= 11 is 0. The number of amides is 2. The predicted molar refractivity (Wildman–Crippen MR) is 118 cm³/mol. The predicted octanol–water partition coefficient (Wildman–Crippen LogP) is 3.54. The molecule has 0 spiro atoms. The number of likely N-dealkylation sites (tertiary alicyclic amines) is 1. The minimum Gasteiger partial charge on any atom is -0.454 e. The Morgan fingerprint density at radius 1 is 1.22 bits per heavy atom. The third kappa shape index (κ3) is 4.29. The van der Waals surface area contributed by atoms with E-state index in [4.69, 9.17) is 9.47 Å². The van der Waals surface area contributed by atoms with Gasteiger partial charge in [-0.25, -0.2) is 0 Å². The molecule has 3 aliphatic heterocycles. The van der Waals surface area contributed by atoms with Crippen LogP contribution < -0.4 is 14.8 Å². The maximum Gasteiger partial charge on any atom is 0.231 e. The first-order valence-electron chi connectivity index (χ1n) is 11.5. The second-order valence-electron chi connectivity index (χ2n) is 9.08. The molecule has 1 N–H and O–H groups in total. The number of carbonyl (C=O) groups excluding carboxylic acids is 2. The summed E-state index contributed by atoms with van der Waals surface area (Å²) in [4.78, 5) is 31.8. The summed E-state index contributed by atoms with van der Waals surface area (Å²) in [5.74, 6) is 1.71. The first kappa shape index (κ1) is 20.8. The summed E-state index contributed by atoms with van der Waals surface area (Å²) in [6, 6.07) is 10.00. The summed E-state index contributed by atoms with van der Waals surface area (Å²) in [6.45, 7) is 1.02. The molecular weight excluding hydrogens is 406 g/mol. The van der Waals surface area contributed by atoms with Crippen molar-refractivity contribution < 1.29 is 19.1 Å². The fourth-order valence-corrected chi connectivity index (χ4v) is 5.26. The third-order valence-corrected chi connectivity index (χ3v) is 6.92. The smallest absolute Gasteiger partial charge is 0.231 e. The van der Waals surface area contributed by atoms with Gasteiger partial charge >= 0.3 is 0 Å². The quantitative estimate of drug-likeness (QED) is 0.751. The van der Waals surface area contributed by atoms with Crippen LogP contribution in [0.2, 0.25) is 0 Å². The normalized spacial score (nSPS) is 24.4. The summed E-state index contributed by atoms with van der Waals surface area (Å²) < 4.78 is 10.9. The highest BCUT2D eigenvalue weighted by molar-refractivity contribution is 5.80. The van der Waals surface area contributed by atoms with Crippen LogP contribution >= 0.6 is 0 Å². The van der Waals surface area contributed by atoms with Crippen molar-refractivity contribution in [3.05, 3.63) is 53.9 Å². The van der Waals surface area contributed by atoms with Gasteiger partial charge in [0, 0.05) is 37.3 Å². The molecule has 2 atom stereocenters. The van der Waals surface area contributed by atoms with Crippen molar-refractivity contribution >= 4 is 11.8 Å². The number of nitrogens with zero attached hydrogens (tertiary/aromatic N) is 2. The standard InChI is InChI=1S/C25H29N3O4/c29-23-8-10-25(27-23,15-18-6-7-21-22(14-18)32-17-31-21)11-9-24(30)28-13-2-1-5-20(28)19-4-3-12-26-16-19/h3-4,6-7,12,14,16,20H,1-2,5,8-11,13,15,17H2,(H,27,29)/t20-,25+/m0/s1. The van der Waals surface area contributed by atoms with Crippen molar-refractivity contribution in [2.75, 3.05) is 13.3 Å². The number of fused-ring (bicyclic) bond motifs is 1. The molecule has 4 heterocycles. The molecule has 2 saturated heterocycles. The lowest BCUT2D eigenvalue weighted by molar-refractivity contribution is -0.135. The number of hydrogen-bond acceptors (Lipinski definition) is 5. The lowest BCUT2D eigenvalue weighted by Gasteiger charge is -2.37. The van der Waals surface area contributed by atoms with E-state index >= 15 is 0 Å². The number of pyridine rings is 1. The Morgan fingerprint density at radius 3 is 2.94 bits per heavy atom. The second-order valence-corrected chi connectivity index (χ2v) is 9.08. The second kappa shape index (κ2) is 8.81. The van der Waals surface area contributed by atoms with Crippen LogP contribution in [-0.4, -0.2) is 40.6 Å². The van der Waals surface area contributed by atoms with Gasteiger partial charge in [-0.15, -0.1) is 0 Å². The molecule has 3 aliphatic rings. The monoisotopic (exact) mass is 435 g/mol. The maximum absolute atomic E-state index is 13.3. The van der Waals surface area contributed by atoms with Gasteiger partial charge in [-0.05, 0) is 67.9 Å². The average Bonchev–Trinajstić information content (AvgIpc) is 3.44. The van der Waals surface area contributed by atoms with E-state index in [1.807, 2.05) is 35.4 Å². The van der Waals surface area contributed by atoms with Gasteiger partial charge in [0.05, 0.1) is 6.04 Å². The Kier molecular flexibility index (Phi) is 5.72. The number of ether oxygens (including phenoxy) is 2. The SMILES string of the molecule is O=C1CC[C@@](CCC(=O)N2CCCC[C@H]2c2cccnc2)(Cc2ccc3c(c2)OCO3)N1. The largest absolute Gasteiger partial charge is 0.454 e.